The van der Waals surface area contributed by atoms with Crippen LogP contribution in [0.1, 0.15) is 21.5 Å². The lowest BCUT2D eigenvalue weighted by Gasteiger charge is -2.11. The van der Waals surface area contributed by atoms with Crippen LogP contribution in [0, 0.1) is 0 Å². The zero-order valence-corrected chi connectivity index (χ0v) is 19.4. The molecule has 4 rings (SSSR count). The van der Waals surface area contributed by atoms with Crippen molar-refractivity contribution in [3.05, 3.63) is 101 Å². The van der Waals surface area contributed by atoms with E-state index < -0.39 is 21.8 Å². The van der Waals surface area contributed by atoms with E-state index in [1.807, 2.05) is 30.3 Å². The Labute approximate surface area is 201 Å². The van der Waals surface area contributed by atoms with Crippen molar-refractivity contribution in [1.82, 2.24) is 20.6 Å². The van der Waals surface area contributed by atoms with Gasteiger partial charge in [0.2, 0.25) is 15.9 Å². The second kappa shape index (κ2) is 10.1. The Morgan fingerprint density at radius 1 is 0.912 bits per heavy atom. The first-order valence-electron chi connectivity index (χ1n) is 10.3. The normalized spacial score (nSPS) is 11.3. The summed E-state index contributed by atoms with van der Waals surface area (Å²) in [5, 5.41) is 0.889. The quantitative estimate of drug-likeness (QED) is 0.293. The van der Waals surface area contributed by atoms with Crippen LogP contribution in [0.2, 0.25) is 5.02 Å². The molecule has 0 saturated heterocycles. The summed E-state index contributed by atoms with van der Waals surface area (Å²) >= 11 is 6.10. The third kappa shape index (κ3) is 5.45. The molecule has 10 heteroatoms. The van der Waals surface area contributed by atoms with Gasteiger partial charge in [0.15, 0.2) is 0 Å². The fraction of sp³-hybridized carbons (Fsp3) is 0.0833. The van der Waals surface area contributed by atoms with Crippen LogP contribution in [0.3, 0.4) is 0 Å². The van der Waals surface area contributed by atoms with E-state index in [4.69, 9.17) is 11.6 Å². The van der Waals surface area contributed by atoms with Crippen LogP contribution >= 0.6 is 11.6 Å². The van der Waals surface area contributed by atoms with Crippen molar-refractivity contribution in [1.29, 1.82) is 0 Å². The van der Waals surface area contributed by atoms with E-state index in [-0.39, 0.29) is 28.4 Å². The summed E-state index contributed by atoms with van der Waals surface area (Å²) in [4.78, 5) is 27.7. The number of aromatic nitrogens is 1. The van der Waals surface area contributed by atoms with Gasteiger partial charge < -0.3 is 4.98 Å². The van der Waals surface area contributed by atoms with Crippen molar-refractivity contribution < 1.29 is 18.0 Å². The number of hydrogen-bond acceptors (Lipinski definition) is 4. The first kappa shape index (κ1) is 23.5. The van der Waals surface area contributed by atoms with Gasteiger partial charge in [-0.15, -0.1) is 0 Å². The van der Waals surface area contributed by atoms with Gasteiger partial charge in [0.05, 0.1) is 11.4 Å². The molecular formula is C24H21ClN4O4S. The second-order valence-corrected chi connectivity index (χ2v) is 9.64. The van der Waals surface area contributed by atoms with E-state index in [1.54, 1.807) is 30.5 Å². The summed E-state index contributed by atoms with van der Waals surface area (Å²) in [6.07, 6.45) is 1.79. The first-order chi connectivity index (χ1) is 16.3. The van der Waals surface area contributed by atoms with Gasteiger partial charge in [0.1, 0.15) is 4.90 Å². The monoisotopic (exact) mass is 496 g/mol. The predicted octanol–water partition coefficient (Wildman–Crippen LogP) is 3.30. The van der Waals surface area contributed by atoms with Gasteiger partial charge in [0.25, 0.3) is 5.91 Å². The Bertz CT molecular complexity index is 1450. The fourth-order valence-electron chi connectivity index (χ4n) is 3.40. The third-order valence-electron chi connectivity index (χ3n) is 5.13. The summed E-state index contributed by atoms with van der Waals surface area (Å²) in [6, 6.07) is 20.4. The Balaban J connectivity index is 1.40. The molecule has 0 bridgehead atoms. The maximum absolute atomic E-state index is 12.8. The zero-order chi connectivity index (χ0) is 24.1. The van der Waals surface area contributed by atoms with E-state index in [2.05, 4.69) is 20.6 Å². The minimum Gasteiger partial charge on any atom is -0.361 e. The van der Waals surface area contributed by atoms with Gasteiger partial charge in [-0.3, -0.25) is 20.4 Å². The molecule has 4 aromatic rings. The fourth-order valence-corrected chi connectivity index (χ4v) is 4.94. The molecule has 1 heterocycles. The number of amides is 2. The minimum atomic E-state index is -3.98. The van der Waals surface area contributed by atoms with Crippen molar-refractivity contribution in [3.8, 4) is 0 Å². The number of H-pyrrole nitrogens is 1. The molecule has 2 amide bonds. The molecule has 0 unspecified atom stereocenters. The number of hydrazine groups is 1. The van der Waals surface area contributed by atoms with Crippen LogP contribution in [0.15, 0.2) is 83.9 Å². The van der Waals surface area contributed by atoms with Crippen molar-refractivity contribution in [2.24, 2.45) is 0 Å². The number of para-hydroxylation sites is 1. The lowest BCUT2D eigenvalue weighted by molar-refractivity contribution is -0.121. The molecule has 0 aliphatic heterocycles. The first-order valence-corrected chi connectivity index (χ1v) is 12.2. The molecule has 34 heavy (non-hydrogen) atoms. The lowest BCUT2D eigenvalue weighted by atomic mass is 10.1. The molecule has 1 aromatic heterocycles. The van der Waals surface area contributed by atoms with Gasteiger partial charge in [-0.05, 0) is 35.4 Å². The number of benzene rings is 3. The van der Waals surface area contributed by atoms with Crippen molar-refractivity contribution in [2.45, 2.75) is 17.9 Å². The van der Waals surface area contributed by atoms with E-state index in [1.165, 1.54) is 12.1 Å². The molecule has 0 fully saturated rings. The van der Waals surface area contributed by atoms with Gasteiger partial charge in [-0.2, -0.15) is 0 Å². The Kier molecular flexibility index (Phi) is 6.97. The number of fused-ring (bicyclic) bond motifs is 1. The highest BCUT2D eigenvalue weighted by molar-refractivity contribution is 7.89. The molecule has 0 aliphatic carbocycles. The molecule has 174 valence electrons. The highest BCUT2D eigenvalue weighted by atomic mass is 35.5. The topological polar surface area (TPSA) is 120 Å². The number of halogens is 1. The predicted molar refractivity (Wildman–Crippen MR) is 130 cm³/mol. The Hall–Kier alpha value is -3.66. The van der Waals surface area contributed by atoms with E-state index in [0.29, 0.717) is 0 Å². The smallest absolute Gasteiger partial charge is 0.269 e. The summed E-state index contributed by atoms with van der Waals surface area (Å²) in [7, 11) is -3.98. The van der Waals surface area contributed by atoms with Crippen LogP contribution in [0.5, 0.6) is 0 Å². The third-order valence-corrected chi connectivity index (χ3v) is 7.02. The maximum Gasteiger partial charge on any atom is 0.269 e. The van der Waals surface area contributed by atoms with Gasteiger partial charge in [0, 0.05) is 29.2 Å². The zero-order valence-electron chi connectivity index (χ0n) is 17.8. The number of sulfonamides is 1. The van der Waals surface area contributed by atoms with Crippen molar-refractivity contribution in [3.63, 3.8) is 0 Å². The Morgan fingerprint density at radius 2 is 1.65 bits per heavy atom. The largest absolute Gasteiger partial charge is 0.361 e. The number of hydrogen-bond donors (Lipinski definition) is 4. The average Bonchev–Trinajstić information content (AvgIpc) is 3.25. The van der Waals surface area contributed by atoms with Crippen LogP contribution in [-0.4, -0.2) is 25.2 Å². The number of aromatic amines is 1. The van der Waals surface area contributed by atoms with Crippen molar-refractivity contribution >= 4 is 44.3 Å². The summed E-state index contributed by atoms with van der Waals surface area (Å²) < 4.78 is 28.0. The second-order valence-electron chi connectivity index (χ2n) is 7.49. The molecule has 0 atom stereocenters. The molecule has 4 N–H and O–H groups in total. The van der Waals surface area contributed by atoms with E-state index >= 15 is 0 Å². The van der Waals surface area contributed by atoms with Crippen molar-refractivity contribution in [2.75, 3.05) is 0 Å². The molecule has 0 aliphatic rings. The molecule has 0 spiro atoms. The van der Waals surface area contributed by atoms with Gasteiger partial charge in [-0.25, -0.2) is 13.1 Å². The van der Waals surface area contributed by atoms with Gasteiger partial charge in [-0.1, -0.05) is 60.1 Å². The summed E-state index contributed by atoms with van der Waals surface area (Å²) in [5.41, 5.74) is 7.15. The number of rotatable bonds is 7. The van der Waals surface area contributed by atoms with E-state index in [0.717, 1.165) is 28.1 Å². The van der Waals surface area contributed by atoms with Crippen LogP contribution in [0.25, 0.3) is 10.9 Å². The molecule has 8 nitrogen and oxygen atoms in total. The SMILES string of the molecule is O=C(Cc1c[nH]c2ccccc12)NNC(=O)c1ccc(Cl)c(S(=O)(=O)NCc2ccccc2)c1. The molecule has 0 radical (unpaired) electrons. The summed E-state index contributed by atoms with van der Waals surface area (Å²) in [6.45, 7) is 0.0693. The summed E-state index contributed by atoms with van der Waals surface area (Å²) in [5.74, 6) is -1.10. The minimum absolute atomic E-state index is 0.0249. The van der Waals surface area contributed by atoms with Crippen LogP contribution in [-0.2, 0) is 27.8 Å². The standard InChI is InChI=1S/C24H21ClN4O4S/c25-20-11-10-17(12-22(20)34(32,33)27-14-16-6-2-1-3-7-16)24(31)29-28-23(30)13-18-15-26-21-9-5-4-8-19(18)21/h1-12,15,26-27H,13-14H2,(H,28,30)(H,29,31). The van der Waals surface area contributed by atoms with E-state index in [9.17, 15) is 18.0 Å². The van der Waals surface area contributed by atoms with Gasteiger partial charge >= 0.3 is 0 Å². The maximum atomic E-state index is 12.8. The van der Waals surface area contributed by atoms with Crippen LogP contribution in [0.4, 0.5) is 0 Å². The molecule has 3 aromatic carbocycles. The highest BCUT2D eigenvalue weighted by Gasteiger charge is 2.20. The molecular weight excluding hydrogens is 476 g/mol. The number of carbonyl (C=O) groups excluding carboxylic acids is 2. The van der Waals surface area contributed by atoms with Crippen LogP contribution < -0.4 is 15.6 Å². The number of nitrogens with one attached hydrogen (secondary N) is 4. The lowest BCUT2D eigenvalue weighted by Crippen LogP contribution is -2.42. The average molecular weight is 497 g/mol. The number of carbonyl (C=O) groups is 2. The Morgan fingerprint density at radius 3 is 2.44 bits per heavy atom. The highest BCUT2D eigenvalue weighted by Crippen LogP contribution is 2.23. The molecule has 0 saturated carbocycles.